The number of rotatable bonds is 2. The maximum absolute atomic E-state index is 11.2. The number of hydrogen-bond donors (Lipinski definition) is 0. The van der Waals surface area contributed by atoms with Crippen LogP contribution in [0.3, 0.4) is 0 Å². The van der Waals surface area contributed by atoms with Crippen molar-refractivity contribution < 1.29 is 42.2 Å². The molecule has 0 spiro atoms. The third-order valence-corrected chi connectivity index (χ3v) is 2.17. The number of esters is 1. The molecule has 0 N–H and O–H groups in total. The quantitative estimate of drug-likeness (QED) is 0.472. The Hall–Kier alpha value is -0.466. The molecule has 15 heavy (non-hydrogen) atoms. The Labute approximate surface area is 116 Å². The summed E-state index contributed by atoms with van der Waals surface area (Å²) in [6.45, 7) is 3.64. The predicted molar refractivity (Wildman–Crippen MR) is 55.6 cm³/mol. The summed E-state index contributed by atoms with van der Waals surface area (Å²) in [5.74, 6) is -0.292. The molecule has 1 radical (unpaired) electrons. The van der Waals surface area contributed by atoms with Crippen molar-refractivity contribution in [2.24, 2.45) is 0 Å². The zero-order valence-corrected chi connectivity index (χ0v) is 12.0. The molecule has 1 aromatic carbocycles. The van der Waals surface area contributed by atoms with Crippen LogP contribution in [0.2, 0.25) is 0 Å². The van der Waals surface area contributed by atoms with Crippen LogP contribution in [0.25, 0.3) is 5.57 Å². The smallest absolute Gasteiger partial charge is 0.324 e. The number of ether oxygens (including phenoxy) is 1. The first-order chi connectivity index (χ1) is 6.66. The van der Waals surface area contributed by atoms with Crippen molar-refractivity contribution in [3.63, 3.8) is 0 Å². The van der Waals surface area contributed by atoms with E-state index in [1.807, 2.05) is 31.2 Å². The SMILES string of the molecule is COC(=O)/C(C)=C(\C)c1[c-]cccc1.[Y]. The average molecular weight is 278 g/mol. The Morgan fingerprint density at radius 3 is 2.47 bits per heavy atom. The Kier molecular flexibility index (Phi) is 6.70. The van der Waals surface area contributed by atoms with Gasteiger partial charge < -0.3 is 4.74 Å². The number of allylic oxidation sites excluding steroid dienone is 1. The van der Waals surface area contributed by atoms with Gasteiger partial charge in [-0.15, -0.1) is 41.5 Å². The summed E-state index contributed by atoms with van der Waals surface area (Å²) >= 11 is 0. The number of carbonyl (C=O) groups is 1. The van der Waals surface area contributed by atoms with Crippen molar-refractivity contribution in [3.8, 4) is 0 Å². The van der Waals surface area contributed by atoms with Gasteiger partial charge in [-0.05, 0) is 12.5 Å². The van der Waals surface area contributed by atoms with E-state index in [9.17, 15) is 4.79 Å². The van der Waals surface area contributed by atoms with Gasteiger partial charge in [0.15, 0.2) is 0 Å². The van der Waals surface area contributed by atoms with Crippen molar-refractivity contribution in [1.82, 2.24) is 0 Å². The third-order valence-electron chi connectivity index (χ3n) is 2.17. The van der Waals surface area contributed by atoms with Crippen LogP contribution in [0.15, 0.2) is 29.8 Å². The molecule has 77 valence electrons. The van der Waals surface area contributed by atoms with Crippen LogP contribution in [-0.2, 0) is 42.2 Å². The minimum Gasteiger partial charge on any atom is -0.466 e. The van der Waals surface area contributed by atoms with Crippen LogP contribution < -0.4 is 0 Å². The van der Waals surface area contributed by atoms with Crippen molar-refractivity contribution in [2.75, 3.05) is 7.11 Å². The summed E-state index contributed by atoms with van der Waals surface area (Å²) in [5.41, 5.74) is 2.45. The largest absolute Gasteiger partial charge is 0.466 e. The van der Waals surface area contributed by atoms with Gasteiger partial charge in [-0.1, -0.05) is 6.92 Å². The Balaban J connectivity index is 0.00000196. The van der Waals surface area contributed by atoms with Crippen LogP contribution >= 0.6 is 0 Å². The molecule has 0 bridgehead atoms. The molecule has 0 saturated carbocycles. The second-order valence-corrected chi connectivity index (χ2v) is 3.02. The molecule has 0 aliphatic heterocycles. The van der Waals surface area contributed by atoms with Gasteiger partial charge in [-0.3, -0.25) is 0 Å². The Bertz CT molecular complexity index is 355. The van der Waals surface area contributed by atoms with Crippen molar-refractivity contribution >= 4 is 11.5 Å². The molecule has 1 rings (SSSR count). The minimum absolute atomic E-state index is 0. The normalized spacial score (nSPS) is 11.1. The summed E-state index contributed by atoms with van der Waals surface area (Å²) in [5, 5.41) is 0. The molecule has 3 heteroatoms. The predicted octanol–water partition coefficient (Wildman–Crippen LogP) is 2.45. The molecule has 0 heterocycles. The minimum atomic E-state index is -0.292. The molecule has 1 aromatic rings. The molecular formula is C12H13O2Y-. The Morgan fingerprint density at radius 1 is 1.33 bits per heavy atom. The number of carbonyl (C=O) groups excluding carboxylic acids is 1. The Morgan fingerprint density at radius 2 is 2.00 bits per heavy atom. The average Bonchev–Trinajstić information content (AvgIpc) is 2.27. The van der Waals surface area contributed by atoms with E-state index in [1.165, 1.54) is 7.11 Å². The fourth-order valence-electron chi connectivity index (χ4n) is 1.13. The monoisotopic (exact) mass is 278 g/mol. The summed E-state index contributed by atoms with van der Waals surface area (Å²) in [6.07, 6.45) is 0. The zero-order chi connectivity index (χ0) is 10.6. The fourth-order valence-corrected chi connectivity index (χ4v) is 1.13. The molecule has 2 nitrogen and oxygen atoms in total. The van der Waals surface area contributed by atoms with Crippen molar-refractivity contribution in [1.29, 1.82) is 0 Å². The van der Waals surface area contributed by atoms with E-state index in [4.69, 9.17) is 0 Å². The summed E-state index contributed by atoms with van der Waals surface area (Å²) in [6, 6.07) is 10.6. The summed E-state index contributed by atoms with van der Waals surface area (Å²) < 4.78 is 4.64. The second kappa shape index (κ2) is 6.92. The van der Waals surface area contributed by atoms with E-state index in [1.54, 1.807) is 6.92 Å². The molecule has 0 fully saturated rings. The first kappa shape index (κ1) is 14.5. The second-order valence-electron chi connectivity index (χ2n) is 3.02. The number of benzene rings is 1. The fraction of sp³-hybridized carbons (Fsp3) is 0.250. The van der Waals surface area contributed by atoms with E-state index in [2.05, 4.69) is 10.8 Å². The first-order valence-corrected chi connectivity index (χ1v) is 4.39. The van der Waals surface area contributed by atoms with E-state index in [0.29, 0.717) is 5.57 Å². The van der Waals surface area contributed by atoms with Gasteiger partial charge in [-0.2, -0.15) is 0 Å². The van der Waals surface area contributed by atoms with Gasteiger partial charge >= 0.3 is 5.97 Å². The molecule has 0 aliphatic carbocycles. The van der Waals surface area contributed by atoms with E-state index in [-0.39, 0.29) is 38.7 Å². The molecule has 0 aromatic heterocycles. The number of hydrogen-bond acceptors (Lipinski definition) is 2. The molecule has 0 atom stereocenters. The topological polar surface area (TPSA) is 26.3 Å². The van der Waals surface area contributed by atoms with Gasteiger partial charge in [-0.25, -0.2) is 4.79 Å². The van der Waals surface area contributed by atoms with Gasteiger partial charge in [0.2, 0.25) is 0 Å². The molecule has 0 aliphatic rings. The molecule has 0 amide bonds. The summed E-state index contributed by atoms with van der Waals surface area (Å²) in [4.78, 5) is 11.2. The summed E-state index contributed by atoms with van der Waals surface area (Å²) in [7, 11) is 1.38. The van der Waals surface area contributed by atoms with E-state index < -0.39 is 0 Å². The molecular weight excluding hydrogens is 265 g/mol. The zero-order valence-electron chi connectivity index (χ0n) is 9.20. The third kappa shape index (κ3) is 3.88. The van der Waals surface area contributed by atoms with Crippen LogP contribution in [-0.4, -0.2) is 13.1 Å². The van der Waals surface area contributed by atoms with Crippen LogP contribution in [0.5, 0.6) is 0 Å². The van der Waals surface area contributed by atoms with Crippen molar-refractivity contribution in [2.45, 2.75) is 13.8 Å². The van der Waals surface area contributed by atoms with Gasteiger partial charge in [0.1, 0.15) is 0 Å². The number of methoxy groups -OCH3 is 1. The van der Waals surface area contributed by atoms with Crippen LogP contribution in [0.1, 0.15) is 19.4 Å². The standard InChI is InChI=1S/C12H13O2.Y/c1-9(10(2)12(13)14-3)11-7-5-4-6-8-11;/h4-7H,1-3H3;/q-1;/b10-9+;. The van der Waals surface area contributed by atoms with Crippen molar-refractivity contribution in [3.05, 3.63) is 41.5 Å². The van der Waals surface area contributed by atoms with Gasteiger partial charge in [0.05, 0.1) is 7.11 Å². The first-order valence-electron chi connectivity index (χ1n) is 4.39. The van der Waals surface area contributed by atoms with Crippen LogP contribution in [0, 0.1) is 6.07 Å². The van der Waals surface area contributed by atoms with E-state index >= 15 is 0 Å². The van der Waals surface area contributed by atoms with Crippen LogP contribution in [0.4, 0.5) is 0 Å². The van der Waals surface area contributed by atoms with Gasteiger partial charge in [0, 0.05) is 32.7 Å². The molecule has 0 unspecified atom stereocenters. The van der Waals surface area contributed by atoms with E-state index in [0.717, 1.165) is 11.1 Å². The maximum atomic E-state index is 11.2. The maximum Gasteiger partial charge on any atom is 0.324 e. The van der Waals surface area contributed by atoms with Gasteiger partial charge in [0.25, 0.3) is 0 Å². The molecule has 0 saturated heterocycles.